The Kier molecular flexibility index (Phi) is 5.29. The topological polar surface area (TPSA) is 96.2 Å². The van der Waals surface area contributed by atoms with Gasteiger partial charge in [-0.1, -0.05) is 0 Å². The summed E-state index contributed by atoms with van der Waals surface area (Å²) in [4.78, 5) is 41.2. The van der Waals surface area contributed by atoms with Crippen molar-refractivity contribution < 1.29 is 19.1 Å². The molecular formula is C17H28N4O4. The van der Waals surface area contributed by atoms with Crippen LogP contribution in [0.1, 0.15) is 25.7 Å². The summed E-state index contributed by atoms with van der Waals surface area (Å²) in [6, 6.07) is 0. The summed E-state index contributed by atoms with van der Waals surface area (Å²) in [5, 5.41) is 0. The molecule has 3 amide bonds. The van der Waals surface area contributed by atoms with Gasteiger partial charge in [-0.15, -0.1) is 0 Å². The molecule has 3 saturated heterocycles. The zero-order valence-corrected chi connectivity index (χ0v) is 14.9. The summed E-state index contributed by atoms with van der Waals surface area (Å²) in [6.45, 7) is 3.71. The molecule has 3 aliphatic rings. The fourth-order valence-corrected chi connectivity index (χ4v) is 4.21. The van der Waals surface area contributed by atoms with E-state index in [1.54, 1.807) is 11.9 Å². The molecule has 0 radical (unpaired) electrons. The summed E-state index contributed by atoms with van der Waals surface area (Å²) in [6.07, 6.45) is 3.29. The number of ether oxygens (including phenoxy) is 1. The number of carbonyl (C=O) groups excluding carboxylic acids is 3. The summed E-state index contributed by atoms with van der Waals surface area (Å²) in [7, 11) is 1.81. The van der Waals surface area contributed by atoms with Crippen LogP contribution in [0.15, 0.2) is 0 Å². The maximum Gasteiger partial charge on any atom is 0.248 e. The van der Waals surface area contributed by atoms with Gasteiger partial charge in [-0.05, 0) is 32.2 Å². The Morgan fingerprint density at radius 1 is 1.28 bits per heavy atom. The molecule has 3 aliphatic heterocycles. The van der Waals surface area contributed by atoms with Crippen LogP contribution in [0.25, 0.3) is 0 Å². The molecule has 1 atom stereocenters. The lowest BCUT2D eigenvalue weighted by molar-refractivity contribution is -0.171. The van der Waals surface area contributed by atoms with Crippen LogP contribution >= 0.6 is 0 Å². The van der Waals surface area contributed by atoms with E-state index >= 15 is 0 Å². The molecule has 1 unspecified atom stereocenters. The van der Waals surface area contributed by atoms with Crippen LogP contribution in [0.2, 0.25) is 0 Å². The van der Waals surface area contributed by atoms with Crippen molar-refractivity contribution in [1.29, 1.82) is 0 Å². The number of nitrogens with two attached hydrogens (primary N) is 1. The highest BCUT2D eigenvalue weighted by Gasteiger charge is 2.43. The normalized spacial score (nSPS) is 27.6. The van der Waals surface area contributed by atoms with E-state index in [4.69, 9.17) is 10.5 Å². The number of piperidine rings is 2. The smallest absolute Gasteiger partial charge is 0.248 e. The van der Waals surface area contributed by atoms with E-state index in [0.717, 1.165) is 32.2 Å². The third kappa shape index (κ3) is 4.12. The van der Waals surface area contributed by atoms with Crippen molar-refractivity contribution >= 4 is 17.7 Å². The Hall–Kier alpha value is -1.67. The molecule has 3 heterocycles. The molecule has 1 spiro atoms. The lowest BCUT2D eigenvalue weighted by Crippen LogP contribution is -2.59. The quantitative estimate of drug-likeness (QED) is 0.705. The van der Waals surface area contributed by atoms with Crippen molar-refractivity contribution in [2.45, 2.75) is 31.3 Å². The molecule has 8 nitrogen and oxygen atoms in total. The maximum absolute atomic E-state index is 12.8. The van der Waals surface area contributed by atoms with E-state index in [1.165, 1.54) is 0 Å². The first-order chi connectivity index (χ1) is 11.9. The molecule has 3 fully saturated rings. The monoisotopic (exact) mass is 352 g/mol. The van der Waals surface area contributed by atoms with Gasteiger partial charge in [0.05, 0.1) is 18.1 Å². The second-order valence-corrected chi connectivity index (χ2v) is 7.59. The molecule has 0 aromatic heterocycles. The molecule has 8 heteroatoms. The minimum Gasteiger partial charge on any atom is -0.369 e. The standard InChI is InChI=1S/C17H28N4O4/c1-19-12-17(25-11-15(19)23)4-7-21(8-5-17)16(24)13-3-2-6-20(9-13)10-14(18)22/h13H,2-12H2,1H3,(H2,18,22). The van der Waals surface area contributed by atoms with Gasteiger partial charge in [-0.25, -0.2) is 0 Å². The number of hydrogen-bond acceptors (Lipinski definition) is 5. The number of amides is 3. The first kappa shape index (κ1) is 18.1. The van der Waals surface area contributed by atoms with E-state index in [-0.39, 0.29) is 42.4 Å². The Morgan fingerprint density at radius 3 is 2.64 bits per heavy atom. The predicted molar refractivity (Wildman–Crippen MR) is 90.5 cm³/mol. The van der Waals surface area contributed by atoms with E-state index in [1.807, 2.05) is 9.80 Å². The van der Waals surface area contributed by atoms with Crippen LogP contribution < -0.4 is 5.73 Å². The fourth-order valence-electron chi connectivity index (χ4n) is 4.21. The molecule has 25 heavy (non-hydrogen) atoms. The maximum atomic E-state index is 12.8. The second-order valence-electron chi connectivity index (χ2n) is 7.59. The Bertz CT molecular complexity index is 545. The Balaban J connectivity index is 1.53. The zero-order chi connectivity index (χ0) is 18.0. The van der Waals surface area contributed by atoms with Crippen LogP contribution in [-0.4, -0.2) is 90.9 Å². The fraction of sp³-hybridized carbons (Fsp3) is 0.824. The predicted octanol–water partition coefficient (Wildman–Crippen LogP) is -0.966. The van der Waals surface area contributed by atoms with Gasteiger partial charge >= 0.3 is 0 Å². The summed E-state index contributed by atoms with van der Waals surface area (Å²) in [5.41, 5.74) is 4.97. The molecule has 3 rings (SSSR count). The third-order valence-electron chi connectivity index (χ3n) is 5.67. The van der Waals surface area contributed by atoms with Crippen molar-refractivity contribution in [2.75, 3.05) is 52.9 Å². The summed E-state index contributed by atoms with van der Waals surface area (Å²) < 4.78 is 5.83. The third-order valence-corrected chi connectivity index (χ3v) is 5.67. The van der Waals surface area contributed by atoms with Gasteiger partial charge in [-0.3, -0.25) is 19.3 Å². The van der Waals surface area contributed by atoms with Gasteiger partial charge in [0, 0.05) is 33.2 Å². The number of nitrogens with zero attached hydrogens (tertiary/aromatic N) is 3. The van der Waals surface area contributed by atoms with E-state index in [9.17, 15) is 14.4 Å². The van der Waals surface area contributed by atoms with Crippen molar-refractivity contribution in [2.24, 2.45) is 11.7 Å². The Labute approximate surface area is 148 Å². The first-order valence-electron chi connectivity index (χ1n) is 9.06. The lowest BCUT2D eigenvalue weighted by Gasteiger charge is -2.47. The van der Waals surface area contributed by atoms with Gasteiger partial charge in [0.2, 0.25) is 17.7 Å². The number of morpholine rings is 1. The van der Waals surface area contributed by atoms with Gasteiger partial charge in [-0.2, -0.15) is 0 Å². The number of hydrogen-bond donors (Lipinski definition) is 1. The van der Waals surface area contributed by atoms with Gasteiger partial charge < -0.3 is 20.3 Å². The highest BCUT2D eigenvalue weighted by molar-refractivity contribution is 5.80. The molecule has 0 aliphatic carbocycles. The minimum absolute atomic E-state index is 0.0147. The number of rotatable bonds is 3. The highest BCUT2D eigenvalue weighted by Crippen LogP contribution is 2.31. The van der Waals surface area contributed by atoms with Gasteiger partial charge in [0.1, 0.15) is 6.61 Å². The van der Waals surface area contributed by atoms with Crippen molar-refractivity contribution in [1.82, 2.24) is 14.7 Å². The number of primary amides is 1. The van der Waals surface area contributed by atoms with Crippen molar-refractivity contribution in [3.05, 3.63) is 0 Å². The molecular weight excluding hydrogens is 324 g/mol. The van der Waals surface area contributed by atoms with Crippen LogP contribution in [0.5, 0.6) is 0 Å². The van der Waals surface area contributed by atoms with Crippen LogP contribution in [-0.2, 0) is 19.1 Å². The van der Waals surface area contributed by atoms with Crippen LogP contribution in [0, 0.1) is 5.92 Å². The molecule has 0 saturated carbocycles. The van der Waals surface area contributed by atoms with Gasteiger partial charge in [0.25, 0.3) is 0 Å². The molecule has 0 aromatic carbocycles. The first-order valence-corrected chi connectivity index (χ1v) is 9.06. The minimum atomic E-state index is -0.346. The molecule has 140 valence electrons. The number of likely N-dealkylation sites (N-methyl/N-ethyl adjacent to an activating group) is 1. The SMILES string of the molecule is CN1CC2(CCN(C(=O)C3CCCN(CC(N)=O)C3)CC2)OCC1=O. The van der Waals surface area contributed by atoms with E-state index in [2.05, 4.69) is 0 Å². The van der Waals surface area contributed by atoms with E-state index in [0.29, 0.717) is 26.2 Å². The summed E-state index contributed by atoms with van der Waals surface area (Å²) >= 11 is 0. The second kappa shape index (κ2) is 7.29. The molecule has 0 bridgehead atoms. The molecule has 0 aromatic rings. The molecule has 2 N–H and O–H groups in total. The van der Waals surface area contributed by atoms with Gasteiger partial charge in [0.15, 0.2) is 0 Å². The van der Waals surface area contributed by atoms with E-state index < -0.39 is 0 Å². The largest absolute Gasteiger partial charge is 0.369 e. The van der Waals surface area contributed by atoms with Crippen molar-refractivity contribution in [3.63, 3.8) is 0 Å². The van der Waals surface area contributed by atoms with Crippen LogP contribution in [0.3, 0.4) is 0 Å². The Morgan fingerprint density at radius 2 is 2.00 bits per heavy atom. The average molecular weight is 352 g/mol. The zero-order valence-electron chi connectivity index (χ0n) is 14.9. The average Bonchev–Trinajstić information content (AvgIpc) is 2.58. The number of carbonyl (C=O) groups is 3. The number of likely N-dealkylation sites (tertiary alicyclic amines) is 2. The summed E-state index contributed by atoms with van der Waals surface area (Å²) in [5.74, 6) is -0.218. The van der Waals surface area contributed by atoms with Crippen LogP contribution in [0.4, 0.5) is 0 Å². The lowest BCUT2D eigenvalue weighted by atomic mass is 9.88. The van der Waals surface area contributed by atoms with Crippen molar-refractivity contribution in [3.8, 4) is 0 Å². The highest BCUT2D eigenvalue weighted by atomic mass is 16.5.